The van der Waals surface area contributed by atoms with Crippen LogP contribution < -0.4 is 17.3 Å². The Bertz CT molecular complexity index is 3900. The number of hydrogen-bond donors (Lipinski definition) is 3. The standard InChI is InChI=1S/C43H46N16O21S3/c1-40-42(3)56-16-48-30-28-44(32(48)60)14-46-29-31-50(34(46)62)18-58-38(66)54-12-22-23(27(80-83(74,75)76)9-8-26(22)79-82(71,72)73)13-55-39(67)59(43(58,4)41(54,55)2)19-51(31)35(63)47(29)15-45(28)33(61)49(30)17-57(42)37(65)53(40)11-21-20(10-52(40)36(56)64)24(77-5)6-7-25(21)78-81(68,69)70/h6-9,28-31H,10-19H2,1-5H3,(H,68,69,70)(H,71,72,73)(H,74,75,76)/t28-,29+,30+,31-,40+,41?,42-,43+/m1/s1. The molecule has 2 aromatic rings. The summed E-state index contributed by atoms with van der Waals surface area (Å²) in [6.07, 6.45) is -5.25. The molecule has 15 rings (SSSR count). The van der Waals surface area contributed by atoms with E-state index in [4.69, 9.17) is 17.3 Å². The highest BCUT2D eigenvalue weighted by Gasteiger charge is 2.80. The maximum absolute atomic E-state index is 15.4. The molecule has 13 heterocycles. The van der Waals surface area contributed by atoms with Crippen molar-refractivity contribution in [1.29, 1.82) is 0 Å². The number of ether oxygens (including phenoxy) is 1. The third-order valence-corrected chi connectivity index (χ3v) is 20.6. The van der Waals surface area contributed by atoms with Gasteiger partial charge in [0.25, 0.3) is 0 Å². The number of benzene rings is 2. The number of carbonyl (C=O) groups is 8. The van der Waals surface area contributed by atoms with E-state index in [1.54, 1.807) is 13.8 Å². The van der Waals surface area contributed by atoms with Crippen molar-refractivity contribution in [3.63, 3.8) is 0 Å². The van der Waals surface area contributed by atoms with E-state index in [9.17, 15) is 38.9 Å². The summed E-state index contributed by atoms with van der Waals surface area (Å²) in [6.45, 7) is 0.535. The average Bonchev–Trinajstić information content (AvgIpc) is 1.51. The van der Waals surface area contributed by atoms with Gasteiger partial charge in [-0.05, 0) is 52.0 Å². The topological polar surface area (TPSA) is 388 Å². The van der Waals surface area contributed by atoms with E-state index in [1.165, 1.54) is 102 Å². The van der Waals surface area contributed by atoms with Gasteiger partial charge in [0.1, 0.15) is 45.8 Å². The molecule has 40 heteroatoms. The summed E-state index contributed by atoms with van der Waals surface area (Å²) in [6, 6.07) is -1.96. The van der Waals surface area contributed by atoms with E-state index in [0.29, 0.717) is 0 Å². The quantitative estimate of drug-likeness (QED) is 0.275. The first-order valence-electron chi connectivity index (χ1n) is 25.3. The van der Waals surface area contributed by atoms with E-state index in [-0.39, 0.29) is 40.3 Å². The molecule has 13 aliphatic rings. The van der Waals surface area contributed by atoms with E-state index in [1.807, 2.05) is 0 Å². The van der Waals surface area contributed by atoms with Gasteiger partial charge in [-0.2, -0.15) is 25.3 Å². The summed E-state index contributed by atoms with van der Waals surface area (Å²) < 4.78 is 122. The van der Waals surface area contributed by atoms with E-state index in [0.717, 1.165) is 21.9 Å². The highest BCUT2D eigenvalue weighted by Crippen LogP contribution is 2.59. The smallest absolute Gasteiger partial charge is 0.446 e. The molecule has 0 aliphatic carbocycles. The Labute approximate surface area is 468 Å². The number of urea groups is 8. The van der Waals surface area contributed by atoms with Crippen LogP contribution >= 0.6 is 0 Å². The van der Waals surface area contributed by atoms with Crippen LogP contribution in [0.5, 0.6) is 23.0 Å². The second-order valence-corrected chi connectivity index (χ2v) is 25.5. The van der Waals surface area contributed by atoms with E-state index >= 15 is 38.4 Å². The third kappa shape index (κ3) is 5.90. The lowest BCUT2D eigenvalue weighted by molar-refractivity contribution is -0.0871. The molecule has 37 nitrogen and oxygen atoms in total. The van der Waals surface area contributed by atoms with Gasteiger partial charge in [-0.15, -0.1) is 0 Å². The molecule has 442 valence electrons. The molecule has 8 atom stereocenters. The van der Waals surface area contributed by atoms with Crippen molar-refractivity contribution in [2.45, 2.75) is 101 Å². The molecular weight excluding hydrogens is 1170 g/mol. The minimum absolute atomic E-state index is 0.0837. The number of carbonyl (C=O) groups excluding carboxylic acids is 8. The summed E-state index contributed by atoms with van der Waals surface area (Å²) in [5.74, 6) is -1.38. The molecule has 11 fully saturated rings. The Morgan fingerprint density at radius 3 is 0.783 bits per heavy atom. The fourth-order valence-corrected chi connectivity index (χ4v) is 16.5. The molecule has 11 saturated heterocycles. The lowest BCUT2D eigenvalue weighted by atomic mass is 9.95. The maximum atomic E-state index is 15.4. The van der Waals surface area contributed by atoms with Gasteiger partial charge in [0.2, 0.25) is 0 Å². The van der Waals surface area contributed by atoms with E-state index < -0.39 is 198 Å². The van der Waals surface area contributed by atoms with Crippen LogP contribution in [0.25, 0.3) is 0 Å². The zero-order valence-corrected chi connectivity index (χ0v) is 46.2. The highest BCUT2D eigenvalue weighted by atomic mass is 32.3. The first kappa shape index (κ1) is 51.4. The minimum atomic E-state index is -5.29. The number of amides is 16. The molecule has 0 radical (unpaired) electrons. The molecule has 0 saturated carbocycles. The van der Waals surface area contributed by atoms with Gasteiger partial charge in [0.15, 0.2) is 64.6 Å². The van der Waals surface area contributed by atoms with Gasteiger partial charge in [0.05, 0.1) is 33.3 Å². The zero-order valence-electron chi connectivity index (χ0n) is 43.8. The molecular formula is C43H46N16O21S3. The van der Waals surface area contributed by atoms with Crippen LogP contribution in [0.4, 0.5) is 38.4 Å². The van der Waals surface area contributed by atoms with Crippen molar-refractivity contribution in [3.8, 4) is 23.0 Å². The fraction of sp³-hybridized carbons (Fsp3) is 0.535. The minimum Gasteiger partial charge on any atom is -0.496 e. The predicted octanol–water partition coefficient (Wildman–Crippen LogP) is -1.18. The fourth-order valence-electron chi connectivity index (χ4n) is 15.4. The van der Waals surface area contributed by atoms with Crippen molar-refractivity contribution in [1.82, 2.24) is 78.4 Å². The molecule has 13 aliphatic heterocycles. The molecule has 1 unspecified atom stereocenters. The molecule has 0 spiro atoms. The van der Waals surface area contributed by atoms with Gasteiger partial charge in [-0.1, -0.05) is 0 Å². The lowest BCUT2D eigenvalue weighted by Gasteiger charge is -2.49. The second-order valence-electron chi connectivity index (χ2n) is 22.4. The van der Waals surface area contributed by atoms with Gasteiger partial charge < -0.3 is 17.3 Å². The number of methoxy groups -OCH3 is 1. The molecule has 16 amide bonds. The van der Waals surface area contributed by atoms with Gasteiger partial charge >= 0.3 is 79.4 Å². The second kappa shape index (κ2) is 15.2. The SMILES string of the molecule is COc1ccc(OS(=O)(=O)O)c2c1CN1C(=O)N3CN4C(=O)N5CN6C(=O)N7CN8C(=O)N9Cc%10c(OS(=O)(=O)O)ccc(OS(=O)(=O)O)c%10CN%10C(=O)N(CN%11C(=O)N(CN%12C(=O)N(CN%13C(=O)N(C2)[C@@]1(C)[C@]3%13C)[C@H]4[C@H]5%12)[C@H]6[C@H]7%11)[C@@]8(C)C9%10C. The van der Waals surface area contributed by atoms with Crippen LogP contribution in [0.3, 0.4) is 0 Å². The highest BCUT2D eigenvalue weighted by molar-refractivity contribution is 7.81. The van der Waals surface area contributed by atoms with Crippen LogP contribution in [0, 0.1) is 0 Å². The van der Waals surface area contributed by atoms with Crippen LogP contribution in [0.1, 0.15) is 49.9 Å². The largest absolute Gasteiger partial charge is 0.496 e. The van der Waals surface area contributed by atoms with Crippen molar-refractivity contribution in [3.05, 3.63) is 46.5 Å². The first-order chi connectivity index (χ1) is 38.8. The first-order valence-corrected chi connectivity index (χ1v) is 29.4. The van der Waals surface area contributed by atoms with Gasteiger partial charge in [-0.3, -0.25) is 92.1 Å². The van der Waals surface area contributed by atoms with Crippen LogP contribution in [-0.4, -0.2) is 260 Å². The van der Waals surface area contributed by atoms with Crippen LogP contribution in [0.15, 0.2) is 24.3 Å². The monoisotopic (exact) mass is 1220 g/mol. The van der Waals surface area contributed by atoms with Gasteiger partial charge in [0, 0.05) is 22.3 Å². The lowest BCUT2D eigenvalue weighted by Crippen LogP contribution is -2.69. The summed E-state index contributed by atoms with van der Waals surface area (Å²) in [5, 5.41) is 0. The van der Waals surface area contributed by atoms with Crippen LogP contribution in [-0.2, 0) is 57.4 Å². The Kier molecular flexibility index (Phi) is 9.41. The molecule has 0 aromatic heterocycles. The maximum Gasteiger partial charge on any atom is 0.446 e. The average molecular weight is 1220 g/mol. The normalized spacial score (nSPS) is 32.6. The summed E-state index contributed by atoms with van der Waals surface area (Å²) in [7, 11) is -14.3. The number of fused-ring (bicyclic) bond motifs is 2. The Morgan fingerprint density at radius 1 is 0.349 bits per heavy atom. The molecule has 3 N–H and O–H groups in total. The number of nitrogens with zero attached hydrogens (tertiary/aromatic N) is 16. The molecule has 83 heavy (non-hydrogen) atoms. The van der Waals surface area contributed by atoms with E-state index in [2.05, 4.69) is 0 Å². The van der Waals surface area contributed by atoms with Crippen molar-refractivity contribution < 1.29 is 94.6 Å². The summed E-state index contributed by atoms with van der Waals surface area (Å²) in [5.41, 5.74) is -7.27. The third-order valence-electron chi connectivity index (χ3n) is 19.4. The van der Waals surface area contributed by atoms with Crippen molar-refractivity contribution >= 4 is 79.4 Å². The molecule has 2 aromatic carbocycles. The summed E-state index contributed by atoms with van der Waals surface area (Å²) in [4.78, 5) is 142. The van der Waals surface area contributed by atoms with Crippen molar-refractivity contribution in [2.75, 3.05) is 47.1 Å². The Morgan fingerprint density at radius 2 is 0.554 bits per heavy atom. The van der Waals surface area contributed by atoms with Gasteiger partial charge in [-0.25, -0.2) is 38.4 Å². The Balaban J connectivity index is 0.795. The number of hydrogen-bond acceptors (Lipinski definition) is 18. The van der Waals surface area contributed by atoms with Crippen molar-refractivity contribution in [2.24, 2.45) is 0 Å². The Hall–Kier alpha value is -8.47. The zero-order chi connectivity index (χ0) is 59.0. The molecule has 0 bridgehead atoms. The predicted molar refractivity (Wildman–Crippen MR) is 261 cm³/mol. The van der Waals surface area contributed by atoms with Crippen LogP contribution in [0.2, 0.25) is 0 Å². The summed E-state index contributed by atoms with van der Waals surface area (Å²) >= 11 is 0. The number of rotatable bonds is 7.